The summed E-state index contributed by atoms with van der Waals surface area (Å²) in [6.45, 7) is 3.84. The lowest BCUT2D eigenvalue weighted by Gasteiger charge is -2.30. The highest BCUT2D eigenvalue weighted by atomic mass is 16.5. The number of carbonyl (C=O) groups excluding carboxylic acids is 2. The molecular weight excluding hydrogens is 406 g/mol. The summed E-state index contributed by atoms with van der Waals surface area (Å²) < 4.78 is 5.48. The minimum absolute atomic E-state index is 0.00503. The molecule has 3 heterocycles. The van der Waals surface area contributed by atoms with Crippen LogP contribution in [0.4, 0.5) is 0 Å². The van der Waals surface area contributed by atoms with Gasteiger partial charge in [0.25, 0.3) is 11.8 Å². The number of ether oxygens (including phenoxy) is 1. The molecule has 2 aromatic rings. The van der Waals surface area contributed by atoms with E-state index in [1.54, 1.807) is 24.3 Å². The summed E-state index contributed by atoms with van der Waals surface area (Å²) in [6, 6.07) is 14.8. The predicted octanol–water partition coefficient (Wildman–Crippen LogP) is 1.21. The maximum atomic E-state index is 12.8. The topological polar surface area (TPSA) is 90.9 Å². The summed E-state index contributed by atoms with van der Waals surface area (Å²) >= 11 is 0. The fourth-order valence-electron chi connectivity index (χ4n) is 4.99. The maximum absolute atomic E-state index is 12.8. The zero-order chi connectivity index (χ0) is 22.1. The van der Waals surface area contributed by atoms with Crippen molar-refractivity contribution in [3.05, 3.63) is 70.8 Å². The standard InChI is InChI=1S/C25H29N3O4/c29-23(22-9-18-3-1-2-4-19(18)10-26-22)11-27-24(30)16-5-7-17(8-6-16)25(31)28-12-20-14-32-15-21(20)13-28/h1-8,20-23,26,29H,9-15H2,(H,27,30)/t20-,21-,22-,23+/m0/s1. The van der Waals surface area contributed by atoms with Crippen molar-refractivity contribution >= 4 is 11.8 Å². The second kappa shape index (κ2) is 9.02. The van der Waals surface area contributed by atoms with Crippen molar-refractivity contribution < 1.29 is 19.4 Å². The number of hydrogen-bond acceptors (Lipinski definition) is 5. The zero-order valence-corrected chi connectivity index (χ0v) is 18.0. The average Bonchev–Trinajstić information content (AvgIpc) is 3.44. The van der Waals surface area contributed by atoms with Crippen LogP contribution in [0.15, 0.2) is 48.5 Å². The first kappa shape index (κ1) is 21.1. The van der Waals surface area contributed by atoms with Crippen LogP contribution in [0.2, 0.25) is 0 Å². The Kier molecular flexibility index (Phi) is 5.95. The Morgan fingerprint density at radius 3 is 2.41 bits per heavy atom. The van der Waals surface area contributed by atoms with E-state index in [1.165, 1.54) is 11.1 Å². The molecular formula is C25H29N3O4. The Labute approximate surface area is 187 Å². The van der Waals surface area contributed by atoms with Gasteiger partial charge in [0.05, 0.1) is 19.3 Å². The monoisotopic (exact) mass is 435 g/mol. The molecule has 7 heteroatoms. The van der Waals surface area contributed by atoms with Gasteiger partial charge in [0.15, 0.2) is 0 Å². The van der Waals surface area contributed by atoms with Crippen molar-refractivity contribution in [3.63, 3.8) is 0 Å². The number of amides is 2. The molecule has 0 radical (unpaired) electrons. The molecule has 0 unspecified atom stereocenters. The number of fused-ring (bicyclic) bond motifs is 2. The van der Waals surface area contributed by atoms with Crippen molar-refractivity contribution in [2.24, 2.45) is 11.8 Å². The number of benzene rings is 2. The van der Waals surface area contributed by atoms with Crippen molar-refractivity contribution in [1.29, 1.82) is 0 Å². The van der Waals surface area contributed by atoms with Gasteiger partial charge in [-0.25, -0.2) is 0 Å². The number of likely N-dealkylation sites (tertiary alicyclic amines) is 1. The van der Waals surface area contributed by atoms with Gasteiger partial charge in [0.1, 0.15) is 0 Å². The summed E-state index contributed by atoms with van der Waals surface area (Å²) in [5, 5.41) is 16.7. The van der Waals surface area contributed by atoms with Gasteiger partial charge in [-0.3, -0.25) is 9.59 Å². The van der Waals surface area contributed by atoms with Gasteiger partial charge >= 0.3 is 0 Å². The van der Waals surface area contributed by atoms with Crippen LogP contribution in [-0.2, 0) is 17.7 Å². The van der Waals surface area contributed by atoms with Crippen LogP contribution < -0.4 is 10.6 Å². The second-order valence-electron chi connectivity index (χ2n) is 9.08. The Morgan fingerprint density at radius 1 is 1.03 bits per heavy atom. The van der Waals surface area contributed by atoms with Gasteiger partial charge in [-0.05, 0) is 41.8 Å². The molecule has 3 N–H and O–H groups in total. The first-order chi connectivity index (χ1) is 15.6. The third-order valence-corrected chi connectivity index (χ3v) is 6.97. The summed E-state index contributed by atoms with van der Waals surface area (Å²) in [6.07, 6.45) is 0.0423. The lowest BCUT2D eigenvalue weighted by Crippen LogP contribution is -2.49. The molecule has 168 valence electrons. The fraction of sp³-hybridized carbons (Fsp3) is 0.440. The smallest absolute Gasteiger partial charge is 0.253 e. The molecule has 7 nitrogen and oxygen atoms in total. The molecule has 3 aliphatic rings. The van der Waals surface area contributed by atoms with Crippen molar-refractivity contribution in [1.82, 2.24) is 15.5 Å². The van der Waals surface area contributed by atoms with Crippen LogP contribution in [0, 0.1) is 11.8 Å². The first-order valence-electron chi connectivity index (χ1n) is 11.3. The molecule has 0 aliphatic carbocycles. The lowest BCUT2D eigenvalue weighted by atomic mass is 9.93. The van der Waals surface area contributed by atoms with Crippen molar-refractivity contribution in [2.45, 2.75) is 25.1 Å². The van der Waals surface area contributed by atoms with E-state index >= 15 is 0 Å². The van der Waals surface area contributed by atoms with E-state index in [0.717, 1.165) is 32.7 Å². The van der Waals surface area contributed by atoms with Crippen LogP contribution in [-0.4, -0.2) is 66.8 Å². The Balaban J connectivity index is 1.13. The minimum atomic E-state index is -0.688. The molecule has 0 spiro atoms. The molecule has 2 saturated heterocycles. The van der Waals surface area contributed by atoms with Crippen molar-refractivity contribution in [3.8, 4) is 0 Å². The molecule has 0 saturated carbocycles. The summed E-state index contributed by atoms with van der Waals surface area (Å²) in [4.78, 5) is 27.2. The van der Waals surface area contributed by atoms with Gasteiger partial charge in [-0.2, -0.15) is 0 Å². The highest BCUT2D eigenvalue weighted by Crippen LogP contribution is 2.30. The minimum Gasteiger partial charge on any atom is -0.390 e. The Morgan fingerprint density at radius 2 is 1.69 bits per heavy atom. The molecule has 5 rings (SSSR count). The van der Waals surface area contributed by atoms with E-state index in [1.807, 2.05) is 17.0 Å². The highest BCUT2D eigenvalue weighted by molar-refractivity contribution is 5.98. The Hall–Kier alpha value is -2.74. The maximum Gasteiger partial charge on any atom is 0.253 e. The largest absolute Gasteiger partial charge is 0.390 e. The summed E-state index contributed by atoms with van der Waals surface area (Å²) in [7, 11) is 0. The van der Waals surface area contributed by atoms with Gasteiger partial charge in [0.2, 0.25) is 0 Å². The predicted molar refractivity (Wildman–Crippen MR) is 119 cm³/mol. The number of aliphatic hydroxyl groups is 1. The van der Waals surface area contributed by atoms with Crippen LogP contribution in [0.1, 0.15) is 31.8 Å². The van der Waals surface area contributed by atoms with Crippen LogP contribution >= 0.6 is 0 Å². The van der Waals surface area contributed by atoms with Gasteiger partial charge in [-0.1, -0.05) is 24.3 Å². The average molecular weight is 436 g/mol. The van der Waals surface area contributed by atoms with E-state index in [-0.39, 0.29) is 24.4 Å². The number of carbonyl (C=O) groups is 2. The van der Waals surface area contributed by atoms with Gasteiger partial charge < -0.3 is 25.4 Å². The summed E-state index contributed by atoms with van der Waals surface area (Å²) in [5.74, 6) is 0.641. The zero-order valence-electron chi connectivity index (χ0n) is 18.0. The number of nitrogens with one attached hydrogen (secondary N) is 2. The van der Waals surface area contributed by atoms with Crippen LogP contribution in [0.25, 0.3) is 0 Å². The van der Waals surface area contributed by atoms with Gasteiger partial charge in [0, 0.05) is 55.2 Å². The number of rotatable bonds is 5. The number of hydrogen-bond donors (Lipinski definition) is 3. The molecule has 2 fully saturated rings. The molecule has 0 bridgehead atoms. The van der Waals surface area contributed by atoms with Crippen LogP contribution in [0.5, 0.6) is 0 Å². The molecule has 2 amide bonds. The van der Waals surface area contributed by atoms with E-state index in [0.29, 0.717) is 29.5 Å². The van der Waals surface area contributed by atoms with E-state index in [9.17, 15) is 14.7 Å². The Bertz CT molecular complexity index is 981. The molecule has 4 atom stereocenters. The van der Waals surface area contributed by atoms with E-state index in [2.05, 4.69) is 22.8 Å². The van der Waals surface area contributed by atoms with E-state index in [4.69, 9.17) is 4.74 Å². The molecule has 3 aliphatic heterocycles. The highest BCUT2D eigenvalue weighted by Gasteiger charge is 2.39. The molecule has 0 aromatic heterocycles. The summed E-state index contributed by atoms with van der Waals surface area (Å²) in [5.41, 5.74) is 3.55. The van der Waals surface area contributed by atoms with Gasteiger partial charge in [-0.15, -0.1) is 0 Å². The van der Waals surface area contributed by atoms with E-state index < -0.39 is 6.10 Å². The second-order valence-corrected chi connectivity index (χ2v) is 9.08. The lowest BCUT2D eigenvalue weighted by molar-refractivity contribution is 0.0750. The normalized spacial score (nSPS) is 25.2. The number of nitrogens with zero attached hydrogens (tertiary/aromatic N) is 1. The number of aliphatic hydroxyl groups excluding tert-OH is 1. The third kappa shape index (κ3) is 4.28. The third-order valence-electron chi connectivity index (χ3n) is 6.97. The quantitative estimate of drug-likeness (QED) is 0.657. The fourth-order valence-corrected chi connectivity index (χ4v) is 4.99. The molecule has 32 heavy (non-hydrogen) atoms. The molecule has 2 aromatic carbocycles. The van der Waals surface area contributed by atoms with Crippen LogP contribution in [0.3, 0.4) is 0 Å². The van der Waals surface area contributed by atoms with Crippen molar-refractivity contribution in [2.75, 3.05) is 32.8 Å². The first-order valence-corrected chi connectivity index (χ1v) is 11.3. The SMILES string of the molecule is O=C(NC[C@@H](O)[C@@H]1Cc2ccccc2CN1)c1ccc(C(=O)N2C[C@H]3COC[C@@H]3C2)cc1.